The fraction of sp³-hybridized carbons (Fsp3) is 0.444. The van der Waals surface area contributed by atoms with E-state index in [9.17, 15) is 5.11 Å². The third kappa shape index (κ3) is 4.10. The fourth-order valence-corrected chi connectivity index (χ4v) is 1.52. The molecule has 0 radical (unpaired) electrons. The smallest absolute Gasteiger partial charge is 0.245 e. The summed E-state index contributed by atoms with van der Waals surface area (Å²) in [5, 5.41) is 16.4. The SMILES string of the molecule is OC(CNCc1ccon1)COc1cnsn1. The summed E-state index contributed by atoms with van der Waals surface area (Å²) in [6.45, 7) is 1.13. The van der Waals surface area contributed by atoms with Gasteiger partial charge in [0.25, 0.3) is 0 Å². The van der Waals surface area contributed by atoms with E-state index < -0.39 is 6.10 Å². The molecule has 0 amide bonds. The van der Waals surface area contributed by atoms with Crippen LogP contribution in [0.5, 0.6) is 5.88 Å². The molecule has 1 unspecified atom stereocenters. The predicted molar refractivity (Wildman–Crippen MR) is 59.6 cm³/mol. The van der Waals surface area contributed by atoms with Crippen molar-refractivity contribution < 1.29 is 14.4 Å². The molecule has 0 aromatic carbocycles. The van der Waals surface area contributed by atoms with Crippen LogP contribution in [0, 0.1) is 0 Å². The van der Waals surface area contributed by atoms with Gasteiger partial charge >= 0.3 is 0 Å². The normalized spacial score (nSPS) is 12.5. The van der Waals surface area contributed by atoms with Gasteiger partial charge in [0.2, 0.25) is 5.88 Å². The average molecular weight is 256 g/mol. The number of aromatic nitrogens is 3. The van der Waals surface area contributed by atoms with Gasteiger partial charge in [-0.2, -0.15) is 4.37 Å². The van der Waals surface area contributed by atoms with Crippen LogP contribution in [0.2, 0.25) is 0 Å². The molecule has 0 aliphatic carbocycles. The lowest BCUT2D eigenvalue weighted by Gasteiger charge is -2.10. The summed E-state index contributed by atoms with van der Waals surface area (Å²) < 4.78 is 17.5. The van der Waals surface area contributed by atoms with Crippen molar-refractivity contribution in [2.75, 3.05) is 13.2 Å². The van der Waals surface area contributed by atoms with Gasteiger partial charge in [-0.1, -0.05) is 5.16 Å². The molecular weight excluding hydrogens is 244 g/mol. The van der Waals surface area contributed by atoms with E-state index in [1.54, 1.807) is 6.07 Å². The molecule has 0 bridgehead atoms. The Morgan fingerprint density at radius 1 is 1.59 bits per heavy atom. The Labute approximate surface area is 102 Å². The van der Waals surface area contributed by atoms with E-state index in [0.717, 1.165) is 17.4 Å². The lowest BCUT2D eigenvalue weighted by atomic mass is 10.3. The highest BCUT2D eigenvalue weighted by Crippen LogP contribution is 2.05. The van der Waals surface area contributed by atoms with E-state index in [1.165, 1.54) is 12.5 Å². The van der Waals surface area contributed by atoms with Gasteiger partial charge < -0.3 is 19.7 Å². The Morgan fingerprint density at radius 2 is 2.53 bits per heavy atom. The Bertz CT molecular complexity index is 406. The highest BCUT2D eigenvalue weighted by atomic mass is 32.1. The van der Waals surface area contributed by atoms with Gasteiger partial charge in [0.1, 0.15) is 25.2 Å². The van der Waals surface area contributed by atoms with Gasteiger partial charge in [0.15, 0.2) is 0 Å². The van der Waals surface area contributed by atoms with Crippen molar-refractivity contribution in [1.29, 1.82) is 0 Å². The number of aliphatic hydroxyl groups is 1. The van der Waals surface area contributed by atoms with Crippen LogP contribution < -0.4 is 10.1 Å². The molecular formula is C9H12N4O3S. The Kier molecular flexibility index (Phi) is 4.42. The second kappa shape index (κ2) is 6.28. The molecule has 0 spiro atoms. The lowest BCUT2D eigenvalue weighted by Crippen LogP contribution is -2.31. The van der Waals surface area contributed by atoms with Crippen LogP contribution in [0.15, 0.2) is 23.0 Å². The summed E-state index contributed by atoms with van der Waals surface area (Å²) >= 11 is 1.07. The average Bonchev–Trinajstić information content (AvgIpc) is 2.99. The minimum absolute atomic E-state index is 0.178. The number of nitrogens with one attached hydrogen (secondary N) is 1. The van der Waals surface area contributed by atoms with Crippen molar-refractivity contribution in [2.45, 2.75) is 12.6 Å². The van der Waals surface area contributed by atoms with Gasteiger partial charge in [0.05, 0.1) is 17.4 Å². The van der Waals surface area contributed by atoms with Gasteiger partial charge in [-0.15, -0.1) is 4.37 Å². The van der Waals surface area contributed by atoms with Gasteiger partial charge in [-0.3, -0.25) is 0 Å². The summed E-state index contributed by atoms with van der Waals surface area (Å²) in [4.78, 5) is 0. The van der Waals surface area contributed by atoms with Crippen LogP contribution in [-0.4, -0.2) is 38.3 Å². The van der Waals surface area contributed by atoms with E-state index >= 15 is 0 Å². The fourth-order valence-electron chi connectivity index (χ4n) is 1.16. The molecule has 0 fully saturated rings. The molecule has 0 saturated heterocycles. The van der Waals surface area contributed by atoms with Crippen molar-refractivity contribution in [3.8, 4) is 5.88 Å². The maximum Gasteiger partial charge on any atom is 0.245 e. The molecule has 17 heavy (non-hydrogen) atoms. The van der Waals surface area contributed by atoms with Crippen molar-refractivity contribution >= 4 is 11.7 Å². The third-order valence-corrected chi connectivity index (χ3v) is 2.40. The highest BCUT2D eigenvalue weighted by molar-refractivity contribution is 6.99. The first-order valence-corrected chi connectivity index (χ1v) is 5.76. The lowest BCUT2D eigenvalue weighted by molar-refractivity contribution is 0.104. The summed E-state index contributed by atoms with van der Waals surface area (Å²) in [7, 11) is 0. The minimum atomic E-state index is -0.608. The molecule has 8 heteroatoms. The molecule has 92 valence electrons. The maximum atomic E-state index is 9.60. The van der Waals surface area contributed by atoms with Crippen LogP contribution in [0.25, 0.3) is 0 Å². The molecule has 2 aromatic rings. The maximum absolute atomic E-state index is 9.60. The second-order valence-electron chi connectivity index (χ2n) is 3.33. The van der Waals surface area contributed by atoms with Crippen LogP contribution in [0.1, 0.15) is 5.69 Å². The third-order valence-electron chi connectivity index (χ3n) is 1.94. The number of ether oxygens (including phenoxy) is 1. The topological polar surface area (TPSA) is 93.3 Å². The van der Waals surface area contributed by atoms with E-state index in [2.05, 4.69) is 23.7 Å². The van der Waals surface area contributed by atoms with Crippen molar-refractivity contribution in [2.24, 2.45) is 0 Å². The molecule has 7 nitrogen and oxygen atoms in total. The van der Waals surface area contributed by atoms with E-state index in [1.807, 2.05) is 0 Å². The molecule has 2 aromatic heterocycles. The van der Waals surface area contributed by atoms with E-state index in [4.69, 9.17) is 4.74 Å². The standard InChI is InChI=1S/C9H12N4O3S/c14-8(6-15-9-5-11-17-13-9)4-10-3-7-1-2-16-12-7/h1-2,5,8,10,14H,3-4,6H2. The van der Waals surface area contributed by atoms with Crippen LogP contribution in [0.4, 0.5) is 0 Å². The second-order valence-corrected chi connectivity index (χ2v) is 3.89. The Balaban J connectivity index is 1.59. The van der Waals surface area contributed by atoms with Crippen LogP contribution in [0.3, 0.4) is 0 Å². The van der Waals surface area contributed by atoms with Gasteiger partial charge in [-0.25, -0.2) is 0 Å². The van der Waals surface area contributed by atoms with Crippen molar-refractivity contribution in [1.82, 2.24) is 19.2 Å². The van der Waals surface area contributed by atoms with Crippen molar-refractivity contribution in [3.05, 3.63) is 24.2 Å². The zero-order valence-corrected chi connectivity index (χ0v) is 9.76. The zero-order chi connectivity index (χ0) is 11.9. The first-order chi connectivity index (χ1) is 8.34. The first kappa shape index (κ1) is 12.0. The van der Waals surface area contributed by atoms with Gasteiger partial charge in [0, 0.05) is 19.2 Å². The number of rotatable bonds is 7. The molecule has 2 heterocycles. The zero-order valence-electron chi connectivity index (χ0n) is 8.94. The molecule has 0 saturated carbocycles. The number of hydrogen-bond acceptors (Lipinski definition) is 8. The number of hydrogen-bond donors (Lipinski definition) is 2. The molecule has 1 atom stereocenters. The monoisotopic (exact) mass is 256 g/mol. The quantitative estimate of drug-likeness (QED) is 0.723. The molecule has 0 aliphatic rings. The van der Waals surface area contributed by atoms with Gasteiger partial charge in [-0.05, 0) is 0 Å². The summed E-state index contributed by atoms with van der Waals surface area (Å²) in [6, 6.07) is 1.76. The van der Waals surface area contributed by atoms with Crippen molar-refractivity contribution in [3.63, 3.8) is 0 Å². The molecule has 2 N–H and O–H groups in total. The van der Waals surface area contributed by atoms with E-state index in [-0.39, 0.29) is 6.61 Å². The molecule has 2 rings (SSSR count). The number of nitrogens with zero attached hydrogens (tertiary/aromatic N) is 3. The predicted octanol–water partition coefficient (Wildman–Crippen LogP) is 0.0556. The summed E-state index contributed by atoms with van der Waals surface area (Å²) in [6.07, 6.45) is 2.41. The van der Waals surface area contributed by atoms with Crippen LogP contribution in [-0.2, 0) is 6.54 Å². The first-order valence-electron chi connectivity index (χ1n) is 5.03. The van der Waals surface area contributed by atoms with Crippen LogP contribution >= 0.6 is 11.7 Å². The minimum Gasteiger partial charge on any atom is -0.473 e. The number of aliphatic hydroxyl groups excluding tert-OH is 1. The Morgan fingerprint density at radius 3 is 3.24 bits per heavy atom. The summed E-state index contributed by atoms with van der Waals surface area (Å²) in [5.74, 6) is 0.436. The highest BCUT2D eigenvalue weighted by Gasteiger charge is 2.06. The van der Waals surface area contributed by atoms with E-state index in [0.29, 0.717) is 19.0 Å². The Hall–Kier alpha value is -1.51. The molecule has 0 aliphatic heterocycles. The summed E-state index contributed by atoms with van der Waals surface area (Å²) in [5.41, 5.74) is 0.793. The largest absolute Gasteiger partial charge is 0.473 e.